The third kappa shape index (κ3) is 4.21. The molecule has 80 valence electrons. The van der Waals surface area contributed by atoms with Gasteiger partial charge in [-0.3, -0.25) is 0 Å². The van der Waals surface area contributed by atoms with Crippen LogP contribution in [0.3, 0.4) is 0 Å². The molecule has 0 heterocycles. The van der Waals surface area contributed by atoms with Crippen molar-refractivity contribution in [2.24, 2.45) is 0 Å². The van der Waals surface area contributed by atoms with Crippen LogP contribution in [0.1, 0.15) is 11.1 Å². The number of benzene rings is 1. The van der Waals surface area contributed by atoms with Gasteiger partial charge in [-0.05, 0) is 25.5 Å². The van der Waals surface area contributed by atoms with Crippen LogP contribution in [0.25, 0.3) is 0 Å². The van der Waals surface area contributed by atoms with E-state index in [-0.39, 0.29) is 0 Å². The Bertz CT molecular complexity index is 383. The summed E-state index contributed by atoms with van der Waals surface area (Å²) in [5.41, 5.74) is 2.46. The molecule has 0 fully saturated rings. The van der Waals surface area contributed by atoms with E-state index in [1.165, 1.54) is 22.1 Å². The van der Waals surface area contributed by atoms with Gasteiger partial charge >= 0.3 is 5.97 Å². The third-order valence-corrected chi connectivity index (χ3v) is 3.05. The first-order chi connectivity index (χ1) is 7.09. The molecule has 0 spiro atoms. The van der Waals surface area contributed by atoms with Crippen molar-refractivity contribution in [1.29, 1.82) is 0 Å². The van der Waals surface area contributed by atoms with E-state index >= 15 is 0 Å². The molecule has 1 rings (SSSR count). The highest BCUT2D eigenvalue weighted by Crippen LogP contribution is 2.23. The van der Waals surface area contributed by atoms with Crippen LogP contribution in [0.4, 0.5) is 0 Å². The van der Waals surface area contributed by atoms with Crippen LogP contribution in [-0.2, 0) is 4.79 Å². The molecule has 1 aromatic rings. The number of hydrogen-bond donors (Lipinski definition) is 1. The zero-order chi connectivity index (χ0) is 11.3. The molecule has 0 amide bonds. The minimum Gasteiger partial charge on any atom is -0.478 e. The molecular weight excluding hydrogens is 208 g/mol. The summed E-state index contributed by atoms with van der Waals surface area (Å²) in [6.07, 6.45) is 2.84. The Kier molecular flexibility index (Phi) is 4.43. The Morgan fingerprint density at radius 2 is 2.20 bits per heavy atom. The molecule has 2 nitrogen and oxygen atoms in total. The first-order valence-corrected chi connectivity index (χ1v) is 5.67. The second kappa shape index (κ2) is 5.61. The molecule has 0 aliphatic rings. The van der Waals surface area contributed by atoms with E-state index in [0.717, 1.165) is 0 Å². The SMILES string of the molecule is Cc1ccc(C)c(SCC=CC(=O)O)c1. The van der Waals surface area contributed by atoms with Crippen molar-refractivity contribution in [3.8, 4) is 0 Å². The van der Waals surface area contributed by atoms with Gasteiger partial charge in [0.25, 0.3) is 0 Å². The fourth-order valence-electron chi connectivity index (χ4n) is 1.15. The molecule has 0 aliphatic heterocycles. The topological polar surface area (TPSA) is 37.3 Å². The summed E-state index contributed by atoms with van der Waals surface area (Å²) < 4.78 is 0. The summed E-state index contributed by atoms with van der Waals surface area (Å²) in [6, 6.07) is 6.28. The molecule has 1 aromatic carbocycles. The second-order valence-corrected chi connectivity index (χ2v) is 4.38. The van der Waals surface area contributed by atoms with Gasteiger partial charge in [0, 0.05) is 16.7 Å². The zero-order valence-electron chi connectivity index (χ0n) is 8.86. The normalized spacial score (nSPS) is 10.8. The van der Waals surface area contributed by atoms with Crippen LogP contribution < -0.4 is 0 Å². The first kappa shape index (κ1) is 11.9. The summed E-state index contributed by atoms with van der Waals surface area (Å²) in [5.74, 6) is -0.201. The van der Waals surface area contributed by atoms with Crippen LogP contribution in [-0.4, -0.2) is 16.8 Å². The van der Waals surface area contributed by atoms with Gasteiger partial charge in [0.15, 0.2) is 0 Å². The van der Waals surface area contributed by atoms with Crippen LogP contribution in [0.2, 0.25) is 0 Å². The van der Waals surface area contributed by atoms with Crippen molar-refractivity contribution in [2.45, 2.75) is 18.7 Å². The largest absolute Gasteiger partial charge is 0.478 e. The van der Waals surface area contributed by atoms with Crippen LogP contribution in [0.15, 0.2) is 35.2 Å². The van der Waals surface area contributed by atoms with Crippen LogP contribution in [0.5, 0.6) is 0 Å². The molecule has 0 aromatic heterocycles. The van der Waals surface area contributed by atoms with Crippen molar-refractivity contribution in [2.75, 3.05) is 5.75 Å². The summed E-state index contributed by atoms with van der Waals surface area (Å²) >= 11 is 1.65. The molecule has 0 aliphatic carbocycles. The van der Waals surface area contributed by atoms with Crippen LogP contribution in [0, 0.1) is 13.8 Å². The van der Waals surface area contributed by atoms with Crippen molar-refractivity contribution in [3.05, 3.63) is 41.5 Å². The number of carbonyl (C=O) groups is 1. The van der Waals surface area contributed by atoms with Crippen molar-refractivity contribution >= 4 is 17.7 Å². The van der Waals surface area contributed by atoms with Gasteiger partial charge in [0.05, 0.1) is 0 Å². The number of aryl methyl sites for hydroxylation is 2. The number of carboxylic acids is 1. The Hall–Kier alpha value is -1.22. The maximum atomic E-state index is 10.2. The van der Waals surface area contributed by atoms with E-state index in [0.29, 0.717) is 5.75 Å². The Morgan fingerprint density at radius 1 is 1.47 bits per heavy atom. The highest BCUT2D eigenvalue weighted by molar-refractivity contribution is 7.99. The molecule has 1 N–H and O–H groups in total. The van der Waals surface area contributed by atoms with Crippen molar-refractivity contribution in [1.82, 2.24) is 0 Å². The van der Waals surface area contributed by atoms with Crippen molar-refractivity contribution < 1.29 is 9.90 Å². The smallest absolute Gasteiger partial charge is 0.328 e. The monoisotopic (exact) mass is 222 g/mol. The van der Waals surface area contributed by atoms with Gasteiger partial charge in [-0.2, -0.15) is 0 Å². The molecule has 0 bridgehead atoms. The molecule has 0 radical (unpaired) electrons. The number of rotatable bonds is 4. The lowest BCUT2D eigenvalue weighted by atomic mass is 10.2. The van der Waals surface area contributed by atoms with E-state index in [1.807, 2.05) is 0 Å². The lowest BCUT2D eigenvalue weighted by molar-refractivity contribution is -0.131. The second-order valence-electron chi connectivity index (χ2n) is 3.32. The van der Waals surface area contributed by atoms with Gasteiger partial charge in [-0.25, -0.2) is 4.79 Å². The minimum absolute atomic E-state index is 0.691. The Morgan fingerprint density at radius 3 is 2.87 bits per heavy atom. The quantitative estimate of drug-likeness (QED) is 0.628. The van der Waals surface area contributed by atoms with E-state index < -0.39 is 5.97 Å². The van der Waals surface area contributed by atoms with Gasteiger partial charge < -0.3 is 5.11 Å². The van der Waals surface area contributed by atoms with Gasteiger partial charge in [0.1, 0.15) is 0 Å². The Balaban J connectivity index is 2.57. The standard InChI is InChI=1S/C12H14O2S/c1-9-5-6-10(2)11(8-9)15-7-3-4-12(13)14/h3-6,8H,7H2,1-2H3,(H,13,14). The number of hydrogen-bond acceptors (Lipinski definition) is 2. The number of aliphatic carboxylic acids is 1. The van der Waals surface area contributed by atoms with Gasteiger partial charge in [-0.1, -0.05) is 23.8 Å². The van der Waals surface area contributed by atoms with Gasteiger partial charge in [-0.15, -0.1) is 11.8 Å². The molecule has 0 unspecified atom stereocenters. The molecule has 0 atom stereocenters. The zero-order valence-corrected chi connectivity index (χ0v) is 9.67. The molecule has 0 saturated heterocycles. The van der Waals surface area contributed by atoms with Crippen LogP contribution >= 0.6 is 11.8 Å². The maximum Gasteiger partial charge on any atom is 0.328 e. The first-order valence-electron chi connectivity index (χ1n) is 4.69. The highest BCUT2D eigenvalue weighted by Gasteiger charge is 1.97. The summed E-state index contributed by atoms with van der Waals surface area (Å²) in [5, 5.41) is 8.41. The van der Waals surface area contributed by atoms with Gasteiger partial charge in [0.2, 0.25) is 0 Å². The summed E-state index contributed by atoms with van der Waals surface area (Å²) in [4.78, 5) is 11.4. The number of thioether (sulfide) groups is 1. The summed E-state index contributed by atoms with van der Waals surface area (Å²) in [7, 11) is 0. The fourth-order valence-corrected chi connectivity index (χ4v) is 2.09. The average Bonchev–Trinajstić information content (AvgIpc) is 2.17. The fraction of sp³-hybridized carbons (Fsp3) is 0.250. The minimum atomic E-state index is -0.892. The predicted octanol–water partition coefficient (Wildman–Crippen LogP) is 3.04. The molecule has 0 saturated carbocycles. The maximum absolute atomic E-state index is 10.2. The van der Waals surface area contributed by atoms with Crippen molar-refractivity contribution in [3.63, 3.8) is 0 Å². The Labute approximate surface area is 94.0 Å². The molecule has 3 heteroatoms. The highest BCUT2D eigenvalue weighted by atomic mass is 32.2. The lowest BCUT2D eigenvalue weighted by Crippen LogP contribution is -1.87. The molecule has 15 heavy (non-hydrogen) atoms. The number of carboxylic acid groups (broad SMARTS) is 1. The average molecular weight is 222 g/mol. The third-order valence-electron chi connectivity index (χ3n) is 1.94. The van der Waals surface area contributed by atoms with E-state index in [1.54, 1.807) is 17.8 Å². The summed E-state index contributed by atoms with van der Waals surface area (Å²) in [6.45, 7) is 4.11. The lowest BCUT2D eigenvalue weighted by Gasteiger charge is -2.04. The predicted molar refractivity (Wildman–Crippen MR) is 63.4 cm³/mol. The van der Waals surface area contributed by atoms with E-state index in [9.17, 15) is 4.79 Å². The van der Waals surface area contributed by atoms with E-state index in [4.69, 9.17) is 5.11 Å². The van der Waals surface area contributed by atoms with E-state index in [2.05, 4.69) is 32.0 Å². The molecular formula is C12H14O2S.